The van der Waals surface area contributed by atoms with Crippen LogP contribution in [0.3, 0.4) is 0 Å². The second-order valence-electron chi connectivity index (χ2n) is 19.1. The molecule has 330 valence electrons. The summed E-state index contributed by atoms with van der Waals surface area (Å²) in [4.78, 5) is 0. The molecule has 0 spiro atoms. The van der Waals surface area contributed by atoms with Crippen LogP contribution < -0.4 is 20.7 Å². The second-order valence-corrected chi connectivity index (χ2v) is 23.9. The Morgan fingerprint density at radius 1 is 0.282 bits per heavy atom. The van der Waals surface area contributed by atoms with Gasteiger partial charge in [0, 0.05) is 36.6 Å². The molecule has 3 heteroatoms. The van der Waals surface area contributed by atoms with Crippen LogP contribution in [0.5, 0.6) is 0 Å². The molecule has 0 fully saturated rings. The molecule has 1 aliphatic heterocycles. The van der Waals surface area contributed by atoms with Crippen LogP contribution in [0, 0.1) is 0 Å². The van der Waals surface area contributed by atoms with Gasteiger partial charge in [-0.3, -0.25) is 0 Å². The smallest absolute Gasteiger partial charge is 0.180 e. The topological polar surface area (TPSA) is 4.93 Å². The zero-order valence-corrected chi connectivity index (χ0v) is 40.5. The summed E-state index contributed by atoms with van der Waals surface area (Å²) in [6, 6.07) is 98.6. The van der Waals surface area contributed by atoms with Gasteiger partial charge in [0.1, 0.15) is 0 Å². The van der Waals surface area contributed by atoms with Gasteiger partial charge in [0.05, 0.1) is 11.0 Å². The Kier molecular flexibility index (Phi) is 8.92. The molecule has 0 atom stereocenters. The van der Waals surface area contributed by atoms with Crippen LogP contribution in [-0.2, 0) is 0 Å². The van der Waals surface area contributed by atoms with Crippen molar-refractivity contribution in [2.75, 3.05) is 0 Å². The molecule has 0 N–H and O–H groups in total. The molecule has 0 saturated carbocycles. The maximum Gasteiger partial charge on any atom is 0.180 e. The van der Waals surface area contributed by atoms with Crippen molar-refractivity contribution in [2.24, 2.45) is 0 Å². The number of hydrogen-bond acceptors (Lipinski definition) is 1. The van der Waals surface area contributed by atoms with E-state index in [1.807, 2.05) is 11.3 Å². The van der Waals surface area contributed by atoms with Gasteiger partial charge in [-0.2, -0.15) is 0 Å². The lowest BCUT2D eigenvalue weighted by Crippen LogP contribution is -2.72. The Balaban J connectivity index is 0.979. The number of rotatable bonds is 6. The van der Waals surface area contributed by atoms with Crippen LogP contribution >= 0.6 is 11.3 Å². The molecule has 3 heterocycles. The predicted molar refractivity (Wildman–Crippen MR) is 308 cm³/mol. The first-order valence-electron chi connectivity index (χ1n) is 24.6. The van der Waals surface area contributed by atoms with Crippen molar-refractivity contribution in [1.82, 2.24) is 4.57 Å². The third-order valence-corrected chi connectivity index (χ3v) is 21.5. The van der Waals surface area contributed by atoms with E-state index >= 15 is 0 Å². The highest BCUT2D eigenvalue weighted by atomic mass is 32.1. The van der Waals surface area contributed by atoms with E-state index in [1.54, 1.807) is 0 Å². The zero-order chi connectivity index (χ0) is 46.6. The van der Waals surface area contributed by atoms with E-state index in [1.165, 1.54) is 134 Å². The molecule has 14 aromatic rings. The highest BCUT2D eigenvalue weighted by Gasteiger charge is 2.49. The van der Waals surface area contributed by atoms with Crippen molar-refractivity contribution < 1.29 is 0 Å². The third kappa shape index (κ3) is 6.04. The normalized spacial score (nSPS) is 12.9. The number of aromatic nitrogens is 1. The fourth-order valence-corrected chi connectivity index (χ4v) is 18.6. The molecule has 1 nitrogen and oxygen atoms in total. The van der Waals surface area contributed by atoms with Gasteiger partial charge in [-0.25, -0.2) is 0 Å². The number of nitrogens with zero attached hydrogens (tertiary/aromatic N) is 1. The van der Waals surface area contributed by atoms with E-state index < -0.39 is 8.07 Å². The van der Waals surface area contributed by atoms with Gasteiger partial charge < -0.3 is 4.57 Å². The van der Waals surface area contributed by atoms with Crippen LogP contribution in [0.25, 0.3) is 114 Å². The Bertz CT molecular complexity index is 4280. The molecule has 71 heavy (non-hydrogen) atoms. The molecular formula is C68H43NSSi. The minimum Gasteiger partial charge on any atom is -0.309 e. The summed E-state index contributed by atoms with van der Waals surface area (Å²) in [5.41, 5.74) is 13.6. The Morgan fingerprint density at radius 3 is 1.38 bits per heavy atom. The first-order valence-corrected chi connectivity index (χ1v) is 27.4. The monoisotopic (exact) mass is 933 g/mol. The van der Waals surface area contributed by atoms with Gasteiger partial charge in [-0.1, -0.05) is 206 Å². The van der Waals surface area contributed by atoms with E-state index in [9.17, 15) is 0 Å². The molecule has 0 aliphatic carbocycles. The fraction of sp³-hybridized carbons (Fsp3) is 0. The highest BCUT2D eigenvalue weighted by molar-refractivity contribution is 7.25. The SMILES string of the molecule is c1ccc([Si]2(c3ccccc3)c3cc(-c4ccc5sc6ccccc6c5c4)ccc3-c3ccc(-n4c5ccc(-c6cccc7ccccc67)cc5c5cc(-c6cccc7ccccc67)ccc54)cc32)cc1. The minimum atomic E-state index is -2.92. The maximum absolute atomic E-state index is 2.92. The Labute approximate surface area is 416 Å². The summed E-state index contributed by atoms with van der Waals surface area (Å²) >= 11 is 1.88. The molecule has 0 saturated heterocycles. The van der Waals surface area contributed by atoms with Crippen LogP contribution in [0.1, 0.15) is 0 Å². The van der Waals surface area contributed by atoms with Crippen molar-refractivity contribution in [3.05, 3.63) is 261 Å². The van der Waals surface area contributed by atoms with Gasteiger partial charge in [-0.05, 0) is 141 Å². The second kappa shape index (κ2) is 15.7. The van der Waals surface area contributed by atoms with Crippen molar-refractivity contribution in [3.63, 3.8) is 0 Å². The average Bonchev–Trinajstić information content (AvgIpc) is 4.08. The summed E-state index contributed by atoms with van der Waals surface area (Å²) in [7, 11) is -2.92. The predicted octanol–water partition coefficient (Wildman–Crippen LogP) is 15.8. The number of thiophene rings is 1. The van der Waals surface area contributed by atoms with Crippen LogP contribution in [0.2, 0.25) is 0 Å². The number of benzene rings is 12. The minimum absolute atomic E-state index is 1.17. The standard InChI is InChI=1S/C68H43NSSi/c1-3-19-51(20-4-1)71(52-21-5-2-6-22-52)67-42-47(46-32-38-66-62(39-46)57-25-11-12-28-65(57)70-66)29-34-58(67)59-35-33-50(43-68(59)71)69-63-36-30-48(55-26-13-17-44-15-7-9-23-53(44)55)40-60(63)61-41-49(31-37-64(61)69)56-27-14-18-45-16-8-10-24-54(45)56/h1-43H. The quantitative estimate of drug-likeness (QED) is 0.146. The van der Waals surface area contributed by atoms with Crippen molar-refractivity contribution in [2.45, 2.75) is 0 Å². The van der Waals surface area contributed by atoms with Crippen molar-refractivity contribution in [3.8, 4) is 50.2 Å². The largest absolute Gasteiger partial charge is 0.309 e. The van der Waals surface area contributed by atoms with E-state index in [-0.39, 0.29) is 0 Å². The van der Waals surface area contributed by atoms with Gasteiger partial charge in [0.25, 0.3) is 0 Å². The average molecular weight is 934 g/mol. The van der Waals surface area contributed by atoms with E-state index in [0.29, 0.717) is 0 Å². The zero-order valence-electron chi connectivity index (χ0n) is 38.7. The summed E-state index contributed by atoms with van der Waals surface area (Å²) in [6.07, 6.45) is 0. The summed E-state index contributed by atoms with van der Waals surface area (Å²) in [6.45, 7) is 0. The first-order chi connectivity index (χ1) is 35.2. The number of fused-ring (bicyclic) bond motifs is 11. The third-order valence-electron chi connectivity index (χ3n) is 15.5. The highest BCUT2D eigenvalue weighted by Crippen LogP contribution is 2.42. The van der Waals surface area contributed by atoms with Crippen LogP contribution in [-0.4, -0.2) is 12.6 Å². The molecule has 15 rings (SSSR count). The summed E-state index contributed by atoms with van der Waals surface area (Å²) in [5, 5.41) is 15.8. The molecule has 1 aliphatic rings. The fourth-order valence-electron chi connectivity index (χ4n) is 12.3. The molecular weight excluding hydrogens is 891 g/mol. The molecule has 0 bridgehead atoms. The maximum atomic E-state index is 2.57. The van der Waals surface area contributed by atoms with E-state index in [4.69, 9.17) is 0 Å². The molecule has 0 amide bonds. The lowest BCUT2D eigenvalue weighted by atomic mass is 9.95. The lowest BCUT2D eigenvalue weighted by molar-refractivity contribution is 1.18. The van der Waals surface area contributed by atoms with Crippen LogP contribution in [0.15, 0.2) is 261 Å². The summed E-state index contributed by atoms with van der Waals surface area (Å²) < 4.78 is 5.19. The molecule has 2 aromatic heterocycles. The Hall–Kier alpha value is -8.60. The van der Waals surface area contributed by atoms with Crippen molar-refractivity contribution in [1.29, 1.82) is 0 Å². The van der Waals surface area contributed by atoms with E-state index in [2.05, 4.69) is 265 Å². The van der Waals surface area contributed by atoms with Crippen LogP contribution in [0.4, 0.5) is 0 Å². The molecule has 12 aromatic carbocycles. The van der Waals surface area contributed by atoms with Gasteiger partial charge in [-0.15, -0.1) is 11.3 Å². The number of hydrogen-bond donors (Lipinski definition) is 0. The van der Waals surface area contributed by atoms with E-state index in [0.717, 1.165) is 0 Å². The summed E-state index contributed by atoms with van der Waals surface area (Å²) in [5.74, 6) is 0. The lowest BCUT2D eigenvalue weighted by Gasteiger charge is -2.32. The van der Waals surface area contributed by atoms with Gasteiger partial charge >= 0.3 is 0 Å². The van der Waals surface area contributed by atoms with Gasteiger partial charge in [0.15, 0.2) is 8.07 Å². The molecule has 0 unspecified atom stereocenters. The Morgan fingerprint density at radius 2 is 0.746 bits per heavy atom. The first kappa shape index (κ1) is 40.3. The van der Waals surface area contributed by atoms with Gasteiger partial charge in [0.2, 0.25) is 0 Å². The van der Waals surface area contributed by atoms with Crippen molar-refractivity contribution >= 4 is 104 Å². The molecule has 0 radical (unpaired) electrons.